The summed E-state index contributed by atoms with van der Waals surface area (Å²) < 4.78 is 4.88. The van der Waals surface area contributed by atoms with Crippen molar-refractivity contribution in [3.8, 4) is 0 Å². The Morgan fingerprint density at radius 3 is 2.16 bits per heavy atom. The maximum Gasteiger partial charge on any atom is 0.408 e. The van der Waals surface area contributed by atoms with Crippen molar-refractivity contribution in [2.45, 2.75) is 25.1 Å². The van der Waals surface area contributed by atoms with Gasteiger partial charge in [-0.15, -0.1) is 0 Å². The van der Waals surface area contributed by atoms with E-state index in [0.717, 1.165) is 0 Å². The predicted octanol–water partition coefficient (Wildman–Crippen LogP) is -0.682. The molecule has 0 unspecified atom stereocenters. The van der Waals surface area contributed by atoms with E-state index in [1.54, 1.807) is 30.3 Å². The van der Waals surface area contributed by atoms with Gasteiger partial charge in [0.05, 0.1) is 13.0 Å². The average Bonchev–Trinajstić information content (AvgIpc) is 2.57. The summed E-state index contributed by atoms with van der Waals surface area (Å²) in [6.07, 6.45) is -1.85. The van der Waals surface area contributed by atoms with Crippen molar-refractivity contribution in [1.82, 2.24) is 10.6 Å². The highest BCUT2D eigenvalue weighted by Gasteiger charge is 2.28. The van der Waals surface area contributed by atoms with Crippen LogP contribution < -0.4 is 10.6 Å². The lowest BCUT2D eigenvalue weighted by atomic mass is 10.2. The van der Waals surface area contributed by atoms with E-state index in [9.17, 15) is 19.2 Å². The number of aliphatic hydroxyl groups is 1. The molecule has 0 bridgehead atoms. The predicted molar refractivity (Wildman–Crippen MR) is 82.5 cm³/mol. The van der Waals surface area contributed by atoms with Crippen molar-refractivity contribution >= 4 is 23.9 Å². The van der Waals surface area contributed by atoms with Crippen molar-refractivity contribution < 1.29 is 39.2 Å². The monoisotopic (exact) mass is 354 g/mol. The lowest BCUT2D eigenvalue weighted by Crippen LogP contribution is -2.53. The van der Waals surface area contributed by atoms with Crippen LogP contribution in [-0.2, 0) is 25.7 Å². The minimum Gasteiger partial charge on any atom is -0.481 e. The Bertz CT molecular complexity index is 619. The number of hydrogen-bond acceptors (Lipinski definition) is 6. The first kappa shape index (κ1) is 19.9. The molecule has 0 fully saturated rings. The zero-order valence-corrected chi connectivity index (χ0v) is 13.0. The van der Waals surface area contributed by atoms with Gasteiger partial charge in [-0.2, -0.15) is 0 Å². The van der Waals surface area contributed by atoms with Crippen LogP contribution in [0, 0.1) is 0 Å². The average molecular weight is 354 g/mol. The van der Waals surface area contributed by atoms with Crippen LogP contribution in [0.5, 0.6) is 0 Å². The Morgan fingerprint density at radius 1 is 1.00 bits per heavy atom. The molecule has 0 saturated carbocycles. The summed E-state index contributed by atoms with van der Waals surface area (Å²) in [6.45, 7) is -0.894. The molecule has 0 aliphatic rings. The summed E-state index contributed by atoms with van der Waals surface area (Å²) in [5, 5.41) is 30.6. The summed E-state index contributed by atoms with van der Waals surface area (Å²) in [5.74, 6) is -4.03. The van der Waals surface area contributed by atoms with Gasteiger partial charge in [-0.25, -0.2) is 9.59 Å². The first-order chi connectivity index (χ1) is 11.8. The van der Waals surface area contributed by atoms with Gasteiger partial charge in [-0.3, -0.25) is 9.59 Å². The Morgan fingerprint density at radius 2 is 1.64 bits per heavy atom. The molecule has 10 nitrogen and oxygen atoms in total. The van der Waals surface area contributed by atoms with Crippen molar-refractivity contribution in [3.63, 3.8) is 0 Å². The van der Waals surface area contributed by atoms with Gasteiger partial charge in [0.15, 0.2) is 0 Å². The van der Waals surface area contributed by atoms with Gasteiger partial charge >= 0.3 is 18.0 Å². The molecule has 5 N–H and O–H groups in total. The highest BCUT2D eigenvalue weighted by atomic mass is 16.5. The lowest BCUT2D eigenvalue weighted by molar-refractivity contribution is -0.147. The summed E-state index contributed by atoms with van der Waals surface area (Å²) in [6, 6.07) is 5.52. The van der Waals surface area contributed by atoms with Crippen LogP contribution in [0.4, 0.5) is 4.79 Å². The second kappa shape index (κ2) is 9.88. The van der Waals surface area contributed by atoms with Gasteiger partial charge < -0.3 is 30.7 Å². The third kappa shape index (κ3) is 7.31. The molecular formula is C15H18N2O8. The zero-order valence-electron chi connectivity index (χ0n) is 13.0. The number of rotatable bonds is 9. The fourth-order valence-electron chi connectivity index (χ4n) is 1.75. The molecule has 0 spiro atoms. The molecule has 10 heteroatoms. The molecule has 25 heavy (non-hydrogen) atoms. The second-order valence-electron chi connectivity index (χ2n) is 4.94. The molecule has 1 aromatic rings. The Kier molecular flexibility index (Phi) is 7.87. The summed E-state index contributed by atoms with van der Waals surface area (Å²) >= 11 is 0. The number of carbonyl (C=O) groups is 4. The van der Waals surface area contributed by atoms with E-state index in [1.165, 1.54) is 0 Å². The van der Waals surface area contributed by atoms with Gasteiger partial charge in [0.2, 0.25) is 5.91 Å². The molecule has 0 heterocycles. The minimum absolute atomic E-state index is 0.0663. The van der Waals surface area contributed by atoms with Gasteiger partial charge in [-0.1, -0.05) is 30.3 Å². The van der Waals surface area contributed by atoms with Crippen molar-refractivity contribution in [2.24, 2.45) is 0 Å². The summed E-state index contributed by atoms with van der Waals surface area (Å²) in [7, 11) is 0. The maximum atomic E-state index is 11.9. The second-order valence-corrected chi connectivity index (χ2v) is 4.94. The Hall–Kier alpha value is -3.14. The van der Waals surface area contributed by atoms with E-state index in [0.29, 0.717) is 5.56 Å². The van der Waals surface area contributed by atoms with Crippen LogP contribution in [0.2, 0.25) is 0 Å². The number of nitrogens with one attached hydrogen (secondary N) is 2. The Balaban J connectivity index is 2.55. The number of aliphatic hydroxyl groups excluding tert-OH is 1. The number of carboxylic acid groups (broad SMARTS) is 2. The van der Waals surface area contributed by atoms with E-state index in [4.69, 9.17) is 20.1 Å². The highest BCUT2D eigenvalue weighted by molar-refractivity contribution is 5.90. The Labute approximate surface area is 142 Å². The fourth-order valence-corrected chi connectivity index (χ4v) is 1.75. The van der Waals surface area contributed by atoms with E-state index in [1.807, 2.05) is 5.32 Å². The quantitative estimate of drug-likeness (QED) is 0.389. The number of ether oxygens (including phenoxy) is 1. The number of aliphatic carboxylic acids is 2. The minimum atomic E-state index is -1.69. The number of amides is 2. The van der Waals surface area contributed by atoms with Crippen LogP contribution in [0.25, 0.3) is 0 Å². The van der Waals surface area contributed by atoms with Gasteiger partial charge in [-0.05, 0) is 5.56 Å². The molecule has 0 aromatic heterocycles. The maximum absolute atomic E-state index is 11.9. The topological polar surface area (TPSA) is 162 Å². The number of benzene rings is 1. The third-order valence-electron chi connectivity index (χ3n) is 3.00. The molecule has 1 aromatic carbocycles. The van der Waals surface area contributed by atoms with Gasteiger partial charge in [0, 0.05) is 0 Å². The van der Waals surface area contributed by atoms with Crippen LogP contribution >= 0.6 is 0 Å². The first-order valence-corrected chi connectivity index (χ1v) is 7.16. The standard InChI is InChI=1S/C15H18N2O8/c18-7-11(13(21)16-10(14(22)23)6-12(19)20)17-15(24)25-8-9-4-2-1-3-5-9/h1-5,10-11,18H,6-8H2,(H,16,21)(H,17,24)(H,19,20)(H,22,23)/t10-,11+/m1/s1. The van der Waals surface area contributed by atoms with E-state index >= 15 is 0 Å². The zero-order chi connectivity index (χ0) is 18.8. The van der Waals surface area contributed by atoms with Crippen molar-refractivity contribution in [1.29, 1.82) is 0 Å². The molecule has 0 radical (unpaired) electrons. The normalized spacial score (nSPS) is 12.5. The van der Waals surface area contributed by atoms with Gasteiger partial charge in [0.25, 0.3) is 0 Å². The molecule has 0 saturated heterocycles. The molecular weight excluding hydrogens is 336 g/mol. The third-order valence-corrected chi connectivity index (χ3v) is 3.00. The number of carbonyl (C=O) groups excluding carboxylic acids is 2. The summed E-state index contributed by atoms with van der Waals surface area (Å²) in [4.78, 5) is 45.0. The van der Waals surface area contributed by atoms with Crippen molar-refractivity contribution in [2.75, 3.05) is 6.61 Å². The molecule has 1 rings (SSSR count). The van der Waals surface area contributed by atoms with E-state index < -0.39 is 49.1 Å². The SMILES string of the molecule is O=C(O)C[C@@H](NC(=O)[C@H](CO)NC(=O)OCc1ccccc1)C(=O)O. The highest BCUT2D eigenvalue weighted by Crippen LogP contribution is 2.01. The van der Waals surface area contributed by atoms with Crippen LogP contribution in [0.1, 0.15) is 12.0 Å². The fraction of sp³-hybridized carbons (Fsp3) is 0.333. The molecule has 0 aliphatic carbocycles. The molecule has 2 amide bonds. The molecule has 136 valence electrons. The number of alkyl carbamates (subject to hydrolysis) is 1. The van der Waals surface area contributed by atoms with Crippen molar-refractivity contribution in [3.05, 3.63) is 35.9 Å². The number of hydrogen-bond donors (Lipinski definition) is 5. The first-order valence-electron chi connectivity index (χ1n) is 7.16. The van der Waals surface area contributed by atoms with Gasteiger partial charge in [0.1, 0.15) is 18.7 Å². The molecule has 0 aliphatic heterocycles. The van der Waals surface area contributed by atoms with E-state index in [-0.39, 0.29) is 6.61 Å². The smallest absolute Gasteiger partial charge is 0.408 e. The van der Waals surface area contributed by atoms with E-state index in [2.05, 4.69) is 5.32 Å². The van der Waals surface area contributed by atoms with Crippen LogP contribution in [0.3, 0.4) is 0 Å². The summed E-state index contributed by atoms with van der Waals surface area (Å²) in [5.41, 5.74) is 0.704. The van der Waals surface area contributed by atoms with Crippen LogP contribution in [-0.4, -0.2) is 57.9 Å². The number of carboxylic acids is 2. The lowest BCUT2D eigenvalue weighted by Gasteiger charge is -2.19. The van der Waals surface area contributed by atoms with Crippen LogP contribution in [0.15, 0.2) is 30.3 Å². The molecule has 2 atom stereocenters. The largest absolute Gasteiger partial charge is 0.481 e.